The molecule has 1 fully saturated rings. The number of carbonyl (C=O) groups is 1. The molecule has 1 aliphatic heterocycles. The number of benzene rings is 2. The smallest absolute Gasteiger partial charge is 0.317 e. The summed E-state index contributed by atoms with van der Waals surface area (Å²) in [7, 11) is 2.15. The van der Waals surface area contributed by atoms with Crippen LogP contribution in [0.1, 0.15) is 29.5 Å². The van der Waals surface area contributed by atoms with E-state index in [0.717, 1.165) is 32.4 Å². The lowest BCUT2D eigenvalue weighted by Gasteiger charge is -2.37. The van der Waals surface area contributed by atoms with Crippen LogP contribution in [0.3, 0.4) is 0 Å². The summed E-state index contributed by atoms with van der Waals surface area (Å²) >= 11 is 0. The first-order valence-corrected chi connectivity index (χ1v) is 9.94. The van der Waals surface area contributed by atoms with Crippen LogP contribution in [0.5, 0.6) is 0 Å². The highest BCUT2D eigenvalue weighted by Gasteiger charge is 2.26. The Labute approximate surface area is 163 Å². The van der Waals surface area contributed by atoms with E-state index >= 15 is 0 Å². The van der Waals surface area contributed by atoms with Gasteiger partial charge in [-0.25, -0.2) is 4.79 Å². The Hall–Kier alpha value is -2.33. The van der Waals surface area contributed by atoms with Gasteiger partial charge in [0.2, 0.25) is 0 Å². The van der Waals surface area contributed by atoms with Crippen LogP contribution in [0, 0.1) is 6.92 Å². The minimum Gasteiger partial charge on any atom is -0.338 e. The van der Waals surface area contributed by atoms with Crippen LogP contribution in [0.2, 0.25) is 0 Å². The van der Waals surface area contributed by atoms with Crippen molar-refractivity contribution >= 4 is 6.03 Å². The molecule has 4 nitrogen and oxygen atoms in total. The largest absolute Gasteiger partial charge is 0.338 e. The normalized spacial score (nSPS) is 15.5. The van der Waals surface area contributed by atoms with E-state index in [-0.39, 0.29) is 6.03 Å². The third kappa shape index (κ3) is 5.83. The number of urea groups is 1. The first-order chi connectivity index (χ1) is 13.1. The fraction of sp³-hybridized carbons (Fsp3) is 0.435. The van der Waals surface area contributed by atoms with Crippen molar-refractivity contribution in [1.29, 1.82) is 0 Å². The van der Waals surface area contributed by atoms with Gasteiger partial charge in [-0.3, -0.25) is 0 Å². The van der Waals surface area contributed by atoms with Crippen LogP contribution in [0.4, 0.5) is 4.79 Å². The van der Waals surface area contributed by atoms with E-state index in [1.165, 1.54) is 16.7 Å². The molecule has 0 radical (unpaired) electrons. The van der Waals surface area contributed by atoms with Crippen LogP contribution >= 0.6 is 0 Å². The maximum Gasteiger partial charge on any atom is 0.317 e. The van der Waals surface area contributed by atoms with Gasteiger partial charge in [0, 0.05) is 19.1 Å². The molecule has 0 atom stereocenters. The van der Waals surface area contributed by atoms with Gasteiger partial charge in [0.1, 0.15) is 0 Å². The molecule has 1 aliphatic rings. The summed E-state index contributed by atoms with van der Waals surface area (Å²) < 4.78 is 0. The molecule has 3 rings (SSSR count). The molecular formula is C23H31N3O. The molecule has 2 amide bonds. The summed E-state index contributed by atoms with van der Waals surface area (Å²) in [4.78, 5) is 17.4. The third-order valence-electron chi connectivity index (χ3n) is 5.40. The van der Waals surface area contributed by atoms with Crippen molar-refractivity contribution in [2.75, 3.05) is 26.7 Å². The summed E-state index contributed by atoms with van der Waals surface area (Å²) in [6, 6.07) is 19.2. The van der Waals surface area contributed by atoms with Crippen molar-refractivity contribution in [2.45, 2.75) is 38.8 Å². The number of rotatable bonds is 6. The number of carbonyl (C=O) groups excluding carboxylic acids is 1. The molecule has 0 aliphatic carbocycles. The second-order valence-corrected chi connectivity index (χ2v) is 7.62. The van der Waals surface area contributed by atoms with Gasteiger partial charge in [0.05, 0.1) is 0 Å². The quantitative estimate of drug-likeness (QED) is 0.844. The minimum absolute atomic E-state index is 0.0565. The zero-order valence-electron chi connectivity index (χ0n) is 16.5. The number of likely N-dealkylation sites (tertiary alicyclic amines) is 1. The van der Waals surface area contributed by atoms with Gasteiger partial charge < -0.3 is 15.1 Å². The van der Waals surface area contributed by atoms with Crippen LogP contribution < -0.4 is 5.32 Å². The Morgan fingerprint density at radius 2 is 1.70 bits per heavy atom. The number of aryl methyl sites for hydroxylation is 1. The molecule has 0 spiro atoms. The molecule has 27 heavy (non-hydrogen) atoms. The summed E-state index contributed by atoms with van der Waals surface area (Å²) in [6.07, 6.45) is 2.93. The average molecular weight is 366 g/mol. The number of amides is 2. The Kier molecular flexibility index (Phi) is 6.88. The molecule has 2 aromatic rings. The molecule has 0 bridgehead atoms. The van der Waals surface area contributed by atoms with Crippen LogP contribution in [0.15, 0.2) is 54.6 Å². The summed E-state index contributed by atoms with van der Waals surface area (Å²) in [5.41, 5.74) is 3.69. The predicted molar refractivity (Wildman–Crippen MR) is 111 cm³/mol. The zero-order chi connectivity index (χ0) is 19.1. The molecule has 4 heteroatoms. The number of piperidine rings is 1. The van der Waals surface area contributed by atoms with Crippen LogP contribution in [-0.2, 0) is 13.0 Å². The lowest BCUT2D eigenvalue weighted by atomic mass is 10.0. The van der Waals surface area contributed by atoms with E-state index < -0.39 is 0 Å². The monoisotopic (exact) mass is 365 g/mol. The van der Waals surface area contributed by atoms with Crippen molar-refractivity contribution in [1.82, 2.24) is 15.1 Å². The fourth-order valence-corrected chi connectivity index (χ4v) is 3.62. The molecular weight excluding hydrogens is 334 g/mol. The highest BCUT2D eigenvalue weighted by atomic mass is 16.2. The van der Waals surface area contributed by atoms with Gasteiger partial charge in [-0.05, 0) is 57.5 Å². The van der Waals surface area contributed by atoms with Gasteiger partial charge in [0.15, 0.2) is 0 Å². The van der Waals surface area contributed by atoms with E-state index in [4.69, 9.17) is 0 Å². The predicted octanol–water partition coefficient (Wildman–Crippen LogP) is 3.84. The van der Waals surface area contributed by atoms with E-state index in [1.807, 2.05) is 23.1 Å². The van der Waals surface area contributed by atoms with Crippen molar-refractivity contribution < 1.29 is 4.79 Å². The Morgan fingerprint density at radius 3 is 2.37 bits per heavy atom. The number of nitrogens with zero attached hydrogens (tertiary/aromatic N) is 2. The topological polar surface area (TPSA) is 35.6 Å². The second kappa shape index (κ2) is 9.56. The van der Waals surface area contributed by atoms with E-state index in [2.05, 4.69) is 60.6 Å². The molecule has 0 saturated carbocycles. The Morgan fingerprint density at radius 1 is 1.04 bits per heavy atom. The fourth-order valence-electron chi connectivity index (χ4n) is 3.62. The Bertz CT molecular complexity index is 706. The first kappa shape index (κ1) is 19.4. The van der Waals surface area contributed by atoms with Gasteiger partial charge in [-0.15, -0.1) is 0 Å². The molecule has 1 saturated heterocycles. The SMILES string of the molecule is Cc1ccc(CN(C(=O)NCCc2ccccc2)C2CCN(C)CC2)cc1. The lowest BCUT2D eigenvalue weighted by molar-refractivity contribution is 0.127. The van der Waals surface area contributed by atoms with Gasteiger partial charge in [-0.2, -0.15) is 0 Å². The van der Waals surface area contributed by atoms with E-state index in [0.29, 0.717) is 19.1 Å². The van der Waals surface area contributed by atoms with Crippen LogP contribution in [-0.4, -0.2) is 48.6 Å². The van der Waals surface area contributed by atoms with Crippen molar-refractivity contribution in [3.8, 4) is 0 Å². The van der Waals surface area contributed by atoms with Crippen LogP contribution in [0.25, 0.3) is 0 Å². The molecule has 144 valence electrons. The van der Waals surface area contributed by atoms with Crippen molar-refractivity contribution in [3.05, 3.63) is 71.3 Å². The summed E-state index contributed by atoms with van der Waals surface area (Å²) in [5, 5.41) is 3.14. The highest BCUT2D eigenvalue weighted by Crippen LogP contribution is 2.19. The summed E-state index contributed by atoms with van der Waals surface area (Å²) in [6.45, 7) is 5.53. The highest BCUT2D eigenvalue weighted by molar-refractivity contribution is 5.74. The average Bonchev–Trinajstić information content (AvgIpc) is 2.69. The zero-order valence-corrected chi connectivity index (χ0v) is 16.5. The lowest BCUT2D eigenvalue weighted by Crippen LogP contribution is -2.50. The second-order valence-electron chi connectivity index (χ2n) is 7.62. The maximum atomic E-state index is 13.0. The number of hydrogen-bond acceptors (Lipinski definition) is 2. The first-order valence-electron chi connectivity index (χ1n) is 9.94. The molecule has 0 aromatic heterocycles. The Balaban J connectivity index is 1.62. The van der Waals surface area contributed by atoms with E-state index in [1.54, 1.807) is 0 Å². The van der Waals surface area contributed by atoms with Gasteiger partial charge in [-0.1, -0.05) is 60.2 Å². The molecule has 1 heterocycles. The third-order valence-corrected chi connectivity index (χ3v) is 5.40. The number of hydrogen-bond donors (Lipinski definition) is 1. The minimum atomic E-state index is 0.0565. The van der Waals surface area contributed by atoms with Gasteiger partial charge >= 0.3 is 6.03 Å². The van der Waals surface area contributed by atoms with Crippen molar-refractivity contribution in [3.63, 3.8) is 0 Å². The van der Waals surface area contributed by atoms with E-state index in [9.17, 15) is 4.79 Å². The standard InChI is InChI=1S/C23H31N3O/c1-19-8-10-21(11-9-19)18-26(22-13-16-25(2)17-14-22)23(27)24-15-12-20-6-4-3-5-7-20/h3-11,22H,12-18H2,1-2H3,(H,24,27). The molecule has 2 aromatic carbocycles. The number of nitrogens with one attached hydrogen (secondary N) is 1. The van der Waals surface area contributed by atoms with Crippen molar-refractivity contribution in [2.24, 2.45) is 0 Å². The van der Waals surface area contributed by atoms with Gasteiger partial charge in [0.25, 0.3) is 0 Å². The maximum absolute atomic E-state index is 13.0. The summed E-state index contributed by atoms with van der Waals surface area (Å²) in [5.74, 6) is 0. The molecule has 0 unspecified atom stereocenters. The molecule has 1 N–H and O–H groups in total.